The summed E-state index contributed by atoms with van der Waals surface area (Å²) in [5.41, 5.74) is 2.00. The SMILES string of the molecule is COc1ccc(CNc2nc(N3CCCC3)nc3ccccc23)c(OC)c1. The topological polar surface area (TPSA) is 59.5 Å². The third-order valence-electron chi connectivity index (χ3n) is 4.92. The number of nitrogens with one attached hydrogen (secondary N) is 1. The molecular formula is C21H24N4O2. The van der Waals surface area contributed by atoms with Crippen molar-refractivity contribution in [3.63, 3.8) is 0 Å². The summed E-state index contributed by atoms with van der Waals surface area (Å²) in [6, 6.07) is 14.0. The number of benzene rings is 2. The van der Waals surface area contributed by atoms with Gasteiger partial charge in [-0.25, -0.2) is 4.98 Å². The number of hydrogen-bond donors (Lipinski definition) is 1. The lowest BCUT2D eigenvalue weighted by molar-refractivity contribution is 0.391. The predicted molar refractivity (Wildman–Crippen MR) is 108 cm³/mol. The van der Waals surface area contributed by atoms with Crippen LogP contribution in [0, 0.1) is 0 Å². The molecule has 1 aliphatic heterocycles. The molecule has 1 aliphatic rings. The molecule has 6 nitrogen and oxygen atoms in total. The van der Waals surface area contributed by atoms with Gasteiger partial charge in [-0.2, -0.15) is 4.98 Å². The Morgan fingerprint density at radius 1 is 1.00 bits per heavy atom. The first-order valence-electron chi connectivity index (χ1n) is 9.25. The molecule has 0 radical (unpaired) electrons. The molecule has 0 atom stereocenters. The third kappa shape index (κ3) is 3.60. The summed E-state index contributed by atoms with van der Waals surface area (Å²) >= 11 is 0. The molecular weight excluding hydrogens is 340 g/mol. The predicted octanol–water partition coefficient (Wildman–Crippen LogP) is 3.86. The number of methoxy groups -OCH3 is 2. The first kappa shape index (κ1) is 17.4. The maximum atomic E-state index is 5.51. The molecule has 1 saturated heterocycles. The molecule has 140 valence electrons. The highest BCUT2D eigenvalue weighted by atomic mass is 16.5. The van der Waals surface area contributed by atoms with Crippen LogP contribution in [0.3, 0.4) is 0 Å². The van der Waals surface area contributed by atoms with E-state index in [9.17, 15) is 0 Å². The van der Waals surface area contributed by atoms with Crippen molar-refractivity contribution in [3.05, 3.63) is 48.0 Å². The van der Waals surface area contributed by atoms with E-state index >= 15 is 0 Å². The quantitative estimate of drug-likeness (QED) is 0.717. The van der Waals surface area contributed by atoms with Crippen LogP contribution in [0.25, 0.3) is 10.9 Å². The summed E-state index contributed by atoms with van der Waals surface area (Å²) in [6.07, 6.45) is 2.39. The molecule has 6 heteroatoms. The van der Waals surface area contributed by atoms with Gasteiger partial charge in [0.2, 0.25) is 5.95 Å². The Morgan fingerprint density at radius 2 is 1.81 bits per heavy atom. The summed E-state index contributed by atoms with van der Waals surface area (Å²) in [6.45, 7) is 2.64. The van der Waals surface area contributed by atoms with E-state index in [1.54, 1.807) is 14.2 Å². The van der Waals surface area contributed by atoms with Crippen LogP contribution in [0.4, 0.5) is 11.8 Å². The number of ether oxygens (including phenoxy) is 2. The lowest BCUT2D eigenvalue weighted by Crippen LogP contribution is -2.21. The van der Waals surface area contributed by atoms with Gasteiger partial charge in [-0.15, -0.1) is 0 Å². The van der Waals surface area contributed by atoms with Crippen molar-refractivity contribution in [2.45, 2.75) is 19.4 Å². The fraction of sp³-hybridized carbons (Fsp3) is 0.333. The van der Waals surface area contributed by atoms with Crippen LogP contribution in [0.5, 0.6) is 11.5 Å². The van der Waals surface area contributed by atoms with Gasteiger partial charge in [-0.1, -0.05) is 12.1 Å². The van der Waals surface area contributed by atoms with Gasteiger partial charge >= 0.3 is 0 Å². The second-order valence-corrected chi connectivity index (χ2v) is 6.61. The Balaban J connectivity index is 1.65. The Hall–Kier alpha value is -3.02. The minimum Gasteiger partial charge on any atom is -0.497 e. The monoisotopic (exact) mass is 364 g/mol. The molecule has 0 bridgehead atoms. The minimum absolute atomic E-state index is 0.605. The highest BCUT2D eigenvalue weighted by molar-refractivity contribution is 5.90. The van der Waals surface area contributed by atoms with Gasteiger partial charge in [0.1, 0.15) is 17.3 Å². The van der Waals surface area contributed by atoms with Crippen LogP contribution in [0.15, 0.2) is 42.5 Å². The van der Waals surface area contributed by atoms with Gasteiger partial charge in [-0.05, 0) is 37.1 Å². The number of para-hydroxylation sites is 1. The molecule has 0 saturated carbocycles. The number of nitrogens with zero attached hydrogens (tertiary/aromatic N) is 3. The normalized spacial score (nSPS) is 13.8. The molecule has 1 aromatic heterocycles. The van der Waals surface area contributed by atoms with Crippen LogP contribution in [-0.4, -0.2) is 37.3 Å². The first-order valence-corrected chi connectivity index (χ1v) is 9.25. The van der Waals surface area contributed by atoms with E-state index in [0.717, 1.165) is 52.8 Å². The van der Waals surface area contributed by atoms with Crippen molar-refractivity contribution < 1.29 is 9.47 Å². The largest absolute Gasteiger partial charge is 0.497 e. The molecule has 0 spiro atoms. The van der Waals surface area contributed by atoms with Crippen LogP contribution in [0.1, 0.15) is 18.4 Å². The van der Waals surface area contributed by atoms with Crippen molar-refractivity contribution in [3.8, 4) is 11.5 Å². The van der Waals surface area contributed by atoms with Gasteiger partial charge < -0.3 is 19.7 Å². The molecule has 27 heavy (non-hydrogen) atoms. The zero-order valence-electron chi connectivity index (χ0n) is 15.7. The van der Waals surface area contributed by atoms with Crippen molar-refractivity contribution in [1.82, 2.24) is 9.97 Å². The molecule has 2 heterocycles. The molecule has 3 aromatic rings. The van der Waals surface area contributed by atoms with E-state index < -0.39 is 0 Å². The van der Waals surface area contributed by atoms with Gasteiger partial charge in [0.05, 0.1) is 19.7 Å². The highest BCUT2D eigenvalue weighted by Gasteiger charge is 2.17. The standard InChI is InChI=1S/C21H24N4O2/c1-26-16-10-9-15(19(13-16)27-2)14-22-20-17-7-3-4-8-18(17)23-21(24-20)25-11-5-6-12-25/h3-4,7-10,13H,5-6,11-12,14H2,1-2H3,(H,22,23,24). The Bertz CT molecular complexity index is 939. The molecule has 0 aliphatic carbocycles. The smallest absolute Gasteiger partial charge is 0.227 e. The van der Waals surface area contributed by atoms with Crippen LogP contribution in [-0.2, 0) is 6.54 Å². The van der Waals surface area contributed by atoms with E-state index in [-0.39, 0.29) is 0 Å². The fourth-order valence-corrected chi connectivity index (χ4v) is 3.43. The van der Waals surface area contributed by atoms with Gasteiger partial charge in [0.25, 0.3) is 0 Å². The van der Waals surface area contributed by atoms with Crippen LogP contribution >= 0.6 is 0 Å². The van der Waals surface area contributed by atoms with E-state index in [4.69, 9.17) is 19.4 Å². The Kier molecular flexibility index (Phi) is 4.96. The summed E-state index contributed by atoms with van der Waals surface area (Å²) in [4.78, 5) is 11.8. The second kappa shape index (κ2) is 7.70. The average molecular weight is 364 g/mol. The summed E-state index contributed by atoms with van der Waals surface area (Å²) in [7, 11) is 3.32. The molecule has 0 unspecified atom stereocenters. The maximum Gasteiger partial charge on any atom is 0.227 e. The molecule has 4 rings (SSSR count). The highest BCUT2D eigenvalue weighted by Crippen LogP contribution is 2.28. The lowest BCUT2D eigenvalue weighted by atomic mass is 10.1. The maximum absolute atomic E-state index is 5.51. The van der Waals surface area contributed by atoms with Gasteiger partial charge in [0.15, 0.2) is 0 Å². The van der Waals surface area contributed by atoms with E-state index in [1.807, 2.05) is 36.4 Å². The van der Waals surface area contributed by atoms with Crippen molar-refractivity contribution in [2.24, 2.45) is 0 Å². The number of fused-ring (bicyclic) bond motifs is 1. The fourth-order valence-electron chi connectivity index (χ4n) is 3.43. The number of aromatic nitrogens is 2. The number of hydrogen-bond acceptors (Lipinski definition) is 6. The average Bonchev–Trinajstić information content (AvgIpc) is 3.26. The van der Waals surface area contributed by atoms with E-state index in [0.29, 0.717) is 6.54 Å². The van der Waals surface area contributed by atoms with Crippen LogP contribution < -0.4 is 19.7 Å². The first-order chi connectivity index (χ1) is 13.3. The van der Waals surface area contributed by atoms with Crippen molar-refractivity contribution in [2.75, 3.05) is 37.5 Å². The molecule has 1 N–H and O–H groups in total. The number of anilines is 2. The zero-order valence-corrected chi connectivity index (χ0v) is 15.7. The molecule has 2 aromatic carbocycles. The Morgan fingerprint density at radius 3 is 2.59 bits per heavy atom. The molecule has 1 fully saturated rings. The third-order valence-corrected chi connectivity index (χ3v) is 4.92. The van der Waals surface area contributed by atoms with Crippen LogP contribution in [0.2, 0.25) is 0 Å². The summed E-state index contributed by atoms with van der Waals surface area (Å²) < 4.78 is 10.8. The zero-order chi connectivity index (χ0) is 18.6. The van der Waals surface area contributed by atoms with E-state index in [2.05, 4.69) is 16.3 Å². The minimum atomic E-state index is 0.605. The Labute approximate surface area is 159 Å². The lowest BCUT2D eigenvalue weighted by Gasteiger charge is -2.18. The molecule has 0 amide bonds. The van der Waals surface area contributed by atoms with Gasteiger partial charge in [0, 0.05) is 36.7 Å². The van der Waals surface area contributed by atoms with E-state index in [1.165, 1.54) is 12.8 Å². The summed E-state index contributed by atoms with van der Waals surface area (Å²) in [5, 5.41) is 4.50. The van der Waals surface area contributed by atoms with Gasteiger partial charge in [-0.3, -0.25) is 0 Å². The number of rotatable bonds is 6. The summed E-state index contributed by atoms with van der Waals surface area (Å²) in [5.74, 6) is 3.22. The van der Waals surface area contributed by atoms with Crippen molar-refractivity contribution in [1.29, 1.82) is 0 Å². The van der Waals surface area contributed by atoms with Crippen molar-refractivity contribution >= 4 is 22.7 Å². The second-order valence-electron chi connectivity index (χ2n) is 6.61.